The first-order valence-corrected chi connectivity index (χ1v) is 8.63. The Kier molecular flexibility index (Phi) is 6.00. The molecule has 0 unspecified atom stereocenters. The van der Waals surface area contributed by atoms with Crippen LogP contribution >= 0.6 is 0 Å². The lowest BCUT2D eigenvalue weighted by Gasteiger charge is -2.19. The maximum Gasteiger partial charge on any atom is 0.141 e. The zero-order valence-corrected chi connectivity index (χ0v) is 14.9. The lowest BCUT2D eigenvalue weighted by atomic mass is 9.91. The predicted octanol–water partition coefficient (Wildman–Crippen LogP) is 5.33. The van der Waals surface area contributed by atoms with E-state index in [1.807, 2.05) is 12.1 Å². The zero-order valence-electron chi connectivity index (χ0n) is 14.9. The maximum absolute atomic E-state index is 10.2. The molecule has 0 radical (unpaired) electrons. The number of aromatic hydroxyl groups is 1. The quantitative estimate of drug-likeness (QED) is 0.702. The molecule has 0 aliphatic rings. The molecule has 0 spiro atoms. The Morgan fingerprint density at radius 1 is 1.04 bits per heavy atom. The molecule has 23 heavy (non-hydrogen) atoms. The van der Waals surface area contributed by atoms with Crippen molar-refractivity contribution in [2.24, 2.45) is 0 Å². The molecule has 0 atom stereocenters. The summed E-state index contributed by atoms with van der Waals surface area (Å²) in [6.45, 7) is 9.95. The van der Waals surface area contributed by atoms with Gasteiger partial charge in [-0.1, -0.05) is 59.1 Å². The summed E-state index contributed by atoms with van der Waals surface area (Å²) in [7, 11) is 0. The fourth-order valence-corrected chi connectivity index (χ4v) is 2.62. The van der Waals surface area contributed by atoms with Crippen molar-refractivity contribution in [3.8, 4) is 5.75 Å². The lowest BCUT2D eigenvalue weighted by molar-refractivity contribution is 0.117. The van der Waals surface area contributed by atoms with E-state index in [-0.39, 0.29) is 11.2 Å². The van der Waals surface area contributed by atoms with Gasteiger partial charge in [0, 0.05) is 23.1 Å². The van der Waals surface area contributed by atoms with Crippen LogP contribution in [0, 0.1) is 0 Å². The van der Waals surface area contributed by atoms with Crippen LogP contribution in [0.5, 0.6) is 5.75 Å². The molecule has 2 rings (SSSR count). The molecule has 0 fully saturated rings. The third kappa shape index (κ3) is 4.68. The van der Waals surface area contributed by atoms with Gasteiger partial charge in [-0.3, -0.25) is 0 Å². The number of benzene rings is 1. The standard InChI is InChI=1S/C20H29NO2/c1-5-6-7-8-13-23-14-15-9-11-17(22)19-16(15)10-12-18(21-19)20(2,3)4/h9-12,22H,5-8,13-14H2,1-4H3. The highest BCUT2D eigenvalue weighted by atomic mass is 16.5. The first-order valence-electron chi connectivity index (χ1n) is 8.63. The Bertz CT molecular complexity index is 644. The molecule has 1 N–H and O–H groups in total. The molecule has 2 aromatic rings. The Morgan fingerprint density at radius 2 is 1.83 bits per heavy atom. The van der Waals surface area contributed by atoms with E-state index in [2.05, 4.69) is 38.7 Å². The van der Waals surface area contributed by atoms with Gasteiger partial charge in [-0.25, -0.2) is 4.98 Å². The topological polar surface area (TPSA) is 42.4 Å². The Hall–Kier alpha value is -1.61. The van der Waals surface area contributed by atoms with E-state index in [1.54, 1.807) is 6.07 Å². The van der Waals surface area contributed by atoms with Crippen molar-refractivity contribution < 1.29 is 9.84 Å². The number of nitrogens with zero attached hydrogens (tertiary/aromatic N) is 1. The first kappa shape index (κ1) is 17.7. The second-order valence-electron chi connectivity index (χ2n) is 7.20. The fraction of sp³-hybridized carbons (Fsp3) is 0.550. The monoisotopic (exact) mass is 315 g/mol. The van der Waals surface area contributed by atoms with Crippen molar-refractivity contribution in [2.45, 2.75) is 65.4 Å². The SMILES string of the molecule is CCCCCCOCc1ccc(O)c2nc(C(C)(C)C)ccc12. The van der Waals surface area contributed by atoms with Crippen LogP contribution < -0.4 is 0 Å². The van der Waals surface area contributed by atoms with Gasteiger partial charge in [-0.05, 0) is 24.1 Å². The number of hydrogen-bond acceptors (Lipinski definition) is 3. The van der Waals surface area contributed by atoms with Gasteiger partial charge in [0.05, 0.1) is 6.61 Å². The number of fused-ring (bicyclic) bond motifs is 1. The van der Waals surface area contributed by atoms with Gasteiger partial charge in [-0.2, -0.15) is 0 Å². The van der Waals surface area contributed by atoms with Gasteiger partial charge in [0.1, 0.15) is 11.3 Å². The van der Waals surface area contributed by atoms with Crippen LogP contribution in [0.4, 0.5) is 0 Å². The van der Waals surface area contributed by atoms with Gasteiger partial charge in [0.15, 0.2) is 0 Å². The second kappa shape index (κ2) is 7.78. The maximum atomic E-state index is 10.2. The smallest absolute Gasteiger partial charge is 0.141 e. The molecule has 0 aliphatic heterocycles. The van der Waals surface area contributed by atoms with E-state index in [4.69, 9.17) is 4.74 Å². The van der Waals surface area contributed by atoms with Crippen molar-refractivity contribution in [1.29, 1.82) is 0 Å². The molecular weight excluding hydrogens is 286 g/mol. The molecule has 3 nitrogen and oxygen atoms in total. The van der Waals surface area contributed by atoms with Crippen molar-refractivity contribution in [2.75, 3.05) is 6.61 Å². The highest BCUT2D eigenvalue weighted by Gasteiger charge is 2.17. The normalized spacial score (nSPS) is 12.0. The number of pyridine rings is 1. The summed E-state index contributed by atoms with van der Waals surface area (Å²) in [6.07, 6.45) is 4.84. The largest absolute Gasteiger partial charge is 0.506 e. The van der Waals surface area contributed by atoms with Crippen LogP contribution in [-0.2, 0) is 16.8 Å². The van der Waals surface area contributed by atoms with Crippen LogP contribution in [0.2, 0.25) is 0 Å². The molecule has 0 saturated carbocycles. The van der Waals surface area contributed by atoms with Gasteiger partial charge in [0.25, 0.3) is 0 Å². The third-order valence-electron chi connectivity index (χ3n) is 4.09. The number of aromatic nitrogens is 1. The van der Waals surface area contributed by atoms with Gasteiger partial charge in [0.2, 0.25) is 0 Å². The Labute approximate surface area is 139 Å². The number of phenols is 1. The minimum Gasteiger partial charge on any atom is -0.506 e. The minimum absolute atomic E-state index is 0.0353. The molecule has 0 amide bonds. The molecule has 0 bridgehead atoms. The summed E-state index contributed by atoms with van der Waals surface area (Å²) in [5.41, 5.74) is 2.70. The van der Waals surface area contributed by atoms with Crippen LogP contribution in [0.1, 0.15) is 64.6 Å². The predicted molar refractivity (Wildman–Crippen MR) is 95.9 cm³/mol. The average molecular weight is 315 g/mol. The van der Waals surface area contributed by atoms with E-state index in [9.17, 15) is 5.11 Å². The minimum atomic E-state index is -0.0353. The van der Waals surface area contributed by atoms with Crippen molar-refractivity contribution in [1.82, 2.24) is 4.98 Å². The number of hydrogen-bond donors (Lipinski definition) is 1. The highest BCUT2D eigenvalue weighted by Crippen LogP contribution is 2.30. The summed E-state index contributed by atoms with van der Waals surface area (Å²) >= 11 is 0. The summed E-state index contributed by atoms with van der Waals surface area (Å²) in [6, 6.07) is 7.75. The summed E-state index contributed by atoms with van der Waals surface area (Å²) < 4.78 is 5.80. The van der Waals surface area contributed by atoms with Gasteiger partial charge >= 0.3 is 0 Å². The number of ether oxygens (including phenoxy) is 1. The van der Waals surface area contributed by atoms with E-state index in [0.717, 1.165) is 29.7 Å². The van der Waals surface area contributed by atoms with E-state index in [1.165, 1.54) is 19.3 Å². The molecule has 3 heteroatoms. The van der Waals surface area contributed by atoms with Gasteiger partial charge < -0.3 is 9.84 Å². The van der Waals surface area contributed by atoms with Crippen LogP contribution in [0.3, 0.4) is 0 Å². The van der Waals surface area contributed by atoms with Crippen molar-refractivity contribution in [3.05, 3.63) is 35.5 Å². The van der Waals surface area contributed by atoms with Crippen molar-refractivity contribution >= 4 is 10.9 Å². The molecule has 1 aromatic carbocycles. The molecule has 1 heterocycles. The van der Waals surface area contributed by atoms with E-state index >= 15 is 0 Å². The van der Waals surface area contributed by atoms with Crippen LogP contribution in [-0.4, -0.2) is 16.7 Å². The number of phenolic OH excluding ortho intramolecular Hbond substituents is 1. The van der Waals surface area contributed by atoms with E-state index < -0.39 is 0 Å². The third-order valence-corrected chi connectivity index (χ3v) is 4.09. The average Bonchev–Trinajstić information content (AvgIpc) is 2.51. The van der Waals surface area contributed by atoms with Crippen molar-refractivity contribution in [3.63, 3.8) is 0 Å². The lowest BCUT2D eigenvalue weighted by Crippen LogP contribution is -2.13. The molecule has 126 valence electrons. The molecule has 0 aliphatic carbocycles. The number of unbranched alkanes of at least 4 members (excludes halogenated alkanes) is 3. The molecule has 0 saturated heterocycles. The second-order valence-corrected chi connectivity index (χ2v) is 7.20. The Balaban J connectivity index is 2.14. The van der Waals surface area contributed by atoms with Crippen LogP contribution in [0.15, 0.2) is 24.3 Å². The fourth-order valence-electron chi connectivity index (χ4n) is 2.62. The first-order chi connectivity index (χ1) is 10.9. The van der Waals surface area contributed by atoms with Gasteiger partial charge in [-0.15, -0.1) is 0 Å². The highest BCUT2D eigenvalue weighted by molar-refractivity contribution is 5.87. The molecule has 1 aromatic heterocycles. The van der Waals surface area contributed by atoms with E-state index in [0.29, 0.717) is 12.1 Å². The molecular formula is C20H29NO2. The van der Waals surface area contributed by atoms with Crippen LogP contribution in [0.25, 0.3) is 10.9 Å². The number of rotatable bonds is 7. The summed E-state index contributed by atoms with van der Waals surface area (Å²) in [5, 5.41) is 11.1. The summed E-state index contributed by atoms with van der Waals surface area (Å²) in [5.74, 6) is 0.234. The zero-order chi connectivity index (χ0) is 16.9. The Morgan fingerprint density at radius 3 is 2.52 bits per heavy atom. The summed E-state index contributed by atoms with van der Waals surface area (Å²) in [4.78, 5) is 4.67.